The van der Waals surface area contributed by atoms with Crippen molar-refractivity contribution in [1.29, 1.82) is 0 Å². The largest absolute Gasteiger partial charge is 0.465 e. The second-order valence-electron chi connectivity index (χ2n) is 10.5. The highest BCUT2D eigenvalue weighted by Crippen LogP contribution is 2.39. The van der Waals surface area contributed by atoms with E-state index in [0.717, 1.165) is 51.7 Å². The summed E-state index contributed by atoms with van der Waals surface area (Å²) in [5.74, 6) is -1.23. The Labute approximate surface area is 246 Å². The van der Waals surface area contributed by atoms with Crippen LogP contribution in [0, 0.1) is 11.6 Å². The summed E-state index contributed by atoms with van der Waals surface area (Å²) in [6, 6.07) is 18.1. The Balaban J connectivity index is 1.23. The minimum atomic E-state index is -1.02. The van der Waals surface area contributed by atoms with Crippen LogP contribution >= 0.6 is 0 Å². The number of nitrogens with zero attached hydrogens (tertiary/aromatic N) is 3. The van der Waals surface area contributed by atoms with Crippen molar-refractivity contribution in [1.82, 2.24) is 9.88 Å². The van der Waals surface area contributed by atoms with Gasteiger partial charge in [0.25, 0.3) is 0 Å². The van der Waals surface area contributed by atoms with Crippen LogP contribution in [0.3, 0.4) is 0 Å². The quantitative estimate of drug-likeness (QED) is 0.225. The number of carboxylic acid groups (broad SMARTS) is 1. The van der Waals surface area contributed by atoms with Crippen molar-refractivity contribution in [3.63, 3.8) is 0 Å². The minimum Gasteiger partial charge on any atom is -0.465 e. The van der Waals surface area contributed by atoms with E-state index in [9.17, 15) is 23.5 Å². The number of furan rings is 1. The Morgan fingerprint density at radius 1 is 1.05 bits per heavy atom. The molecule has 1 aliphatic heterocycles. The molecule has 2 aromatic heterocycles. The van der Waals surface area contributed by atoms with Gasteiger partial charge in [0.2, 0.25) is 5.91 Å². The molecule has 218 valence electrons. The zero-order valence-electron chi connectivity index (χ0n) is 23.1. The Bertz CT molecular complexity index is 1840. The molecule has 0 saturated carbocycles. The van der Waals surface area contributed by atoms with E-state index < -0.39 is 17.7 Å². The highest BCUT2D eigenvalue weighted by molar-refractivity contribution is 6.03. The molecule has 2 amide bonds. The topological polar surface area (TPSA) is 113 Å². The molecule has 3 aromatic carbocycles. The van der Waals surface area contributed by atoms with E-state index in [1.165, 1.54) is 4.90 Å². The monoisotopic (exact) mass is 582 g/mol. The number of carbonyl (C=O) groups is 2. The molecule has 1 aliphatic rings. The summed E-state index contributed by atoms with van der Waals surface area (Å²) < 4.78 is 33.7. The van der Waals surface area contributed by atoms with E-state index in [0.29, 0.717) is 30.4 Å². The number of anilines is 2. The van der Waals surface area contributed by atoms with Crippen LogP contribution in [0.25, 0.3) is 22.1 Å². The lowest BCUT2D eigenvalue weighted by Crippen LogP contribution is -2.31. The third-order valence-electron chi connectivity index (χ3n) is 7.77. The van der Waals surface area contributed by atoms with Gasteiger partial charge < -0.3 is 25.1 Å². The zero-order chi connectivity index (χ0) is 30.1. The molecule has 0 fully saturated rings. The molecular weight excluding hydrogens is 554 g/mol. The molecule has 43 heavy (non-hydrogen) atoms. The number of rotatable bonds is 8. The first-order valence-electron chi connectivity index (χ1n) is 13.8. The Hall–Kier alpha value is -5.25. The first kappa shape index (κ1) is 27.9. The molecule has 8 nitrogen and oxygen atoms in total. The van der Waals surface area contributed by atoms with E-state index in [-0.39, 0.29) is 36.8 Å². The third kappa shape index (κ3) is 5.63. The van der Waals surface area contributed by atoms with E-state index in [1.807, 2.05) is 48.5 Å². The van der Waals surface area contributed by atoms with Gasteiger partial charge in [-0.05, 0) is 59.9 Å². The molecule has 0 aliphatic carbocycles. The molecular formula is C33H28F2N4O4. The number of carbonyl (C=O) groups excluding carboxylic acids is 1. The molecule has 0 spiro atoms. The molecule has 5 aromatic rings. The minimum absolute atomic E-state index is 0.0188. The summed E-state index contributed by atoms with van der Waals surface area (Å²) in [6.45, 7) is 0.928. The van der Waals surface area contributed by atoms with Crippen LogP contribution in [0.4, 0.5) is 25.1 Å². The van der Waals surface area contributed by atoms with E-state index in [2.05, 4.69) is 4.98 Å². The fourth-order valence-electron chi connectivity index (χ4n) is 5.58. The lowest BCUT2D eigenvalue weighted by molar-refractivity contribution is -0.117. The van der Waals surface area contributed by atoms with Gasteiger partial charge in [-0.2, -0.15) is 0 Å². The average molecular weight is 583 g/mol. The second kappa shape index (κ2) is 11.6. The van der Waals surface area contributed by atoms with Crippen molar-refractivity contribution < 1.29 is 27.9 Å². The first-order valence-corrected chi connectivity index (χ1v) is 13.8. The van der Waals surface area contributed by atoms with Crippen LogP contribution in [0.2, 0.25) is 0 Å². The van der Waals surface area contributed by atoms with Gasteiger partial charge >= 0.3 is 6.09 Å². The predicted octanol–water partition coefficient (Wildman–Crippen LogP) is 6.21. The number of benzene rings is 3. The standard InChI is InChI=1S/C33H28F2N4O4/c34-25-7-8-27(35)24(15-25)16-29(40)39-13-11-22-14-21(6-9-28(22)39)26-19-43-31-23(17-37-32(36)30(26)31)10-12-38(33(41)42)18-20-4-2-1-3-5-20/h1-9,14-15,17,19H,10-13,16,18H2,(H2,36,37)(H,41,42). The number of pyridine rings is 1. The molecule has 3 heterocycles. The van der Waals surface area contributed by atoms with Gasteiger partial charge in [0.15, 0.2) is 0 Å². The Morgan fingerprint density at radius 3 is 2.65 bits per heavy atom. The van der Waals surface area contributed by atoms with Gasteiger partial charge in [0.1, 0.15) is 23.0 Å². The van der Waals surface area contributed by atoms with Gasteiger partial charge in [-0.1, -0.05) is 36.4 Å². The number of hydrogen-bond acceptors (Lipinski definition) is 5. The fraction of sp³-hybridized carbons (Fsp3) is 0.182. The number of nitrogen functional groups attached to an aromatic ring is 1. The molecule has 0 unspecified atom stereocenters. The van der Waals surface area contributed by atoms with Crippen LogP contribution in [-0.2, 0) is 30.6 Å². The zero-order valence-corrected chi connectivity index (χ0v) is 23.1. The van der Waals surface area contributed by atoms with Gasteiger partial charge in [-0.25, -0.2) is 18.6 Å². The van der Waals surface area contributed by atoms with E-state index in [1.54, 1.807) is 17.4 Å². The summed E-state index contributed by atoms with van der Waals surface area (Å²) in [5.41, 5.74) is 11.7. The smallest absolute Gasteiger partial charge is 0.407 e. The van der Waals surface area contributed by atoms with Crippen LogP contribution in [-0.4, -0.2) is 40.1 Å². The maximum atomic E-state index is 14.1. The lowest BCUT2D eigenvalue weighted by Gasteiger charge is -2.19. The number of nitrogens with two attached hydrogens (primary N) is 1. The van der Waals surface area contributed by atoms with Gasteiger partial charge in [-0.15, -0.1) is 0 Å². The summed E-state index contributed by atoms with van der Waals surface area (Å²) in [7, 11) is 0. The van der Waals surface area contributed by atoms with E-state index in [4.69, 9.17) is 10.2 Å². The second-order valence-corrected chi connectivity index (χ2v) is 10.5. The third-order valence-corrected chi connectivity index (χ3v) is 7.77. The number of aromatic nitrogens is 1. The molecule has 0 saturated heterocycles. The summed E-state index contributed by atoms with van der Waals surface area (Å²) in [5, 5.41) is 10.4. The molecule has 6 rings (SSSR count). The highest BCUT2D eigenvalue weighted by atomic mass is 19.1. The maximum Gasteiger partial charge on any atom is 0.407 e. The Morgan fingerprint density at radius 2 is 1.86 bits per heavy atom. The van der Waals surface area contributed by atoms with Crippen molar-refractivity contribution >= 4 is 34.5 Å². The van der Waals surface area contributed by atoms with Gasteiger partial charge in [-0.3, -0.25) is 4.79 Å². The maximum absolute atomic E-state index is 14.1. The van der Waals surface area contributed by atoms with Crippen LogP contribution < -0.4 is 10.6 Å². The summed E-state index contributed by atoms with van der Waals surface area (Å²) in [4.78, 5) is 32.3. The highest BCUT2D eigenvalue weighted by Gasteiger charge is 2.27. The molecule has 0 radical (unpaired) electrons. The van der Waals surface area contributed by atoms with Crippen LogP contribution in [0.1, 0.15) is 22.3 Å². The number of halogens is 2. The van der Waals surface area contributed by atoms with Gasteiger partial charge in [0.05, 0.1) is 18.1 Å². The SMILES string of the molecule is Nc1ncc(CCN(Cc2ccccc2)C(=O)O)c2occ(-c3ccc4c(c3)CCN4C(=O)Cc3cc(F)ccc3F)c12. The Kier molecular flexibility index (Phi) is 7.50. The molecule has 0 bridgehead atoms. The lowest BCUT2D eigenvalue weighted by atomic mass is 10.00. The molecule has 3 N–H and O–H groups in total. The van der Waals surface area contributed by atoms with E-state index >= 15 is 0 Å². The van der Waals surface area contributed by atoms with Crippen molar-refractivity contribution in [3.05, 3.63) is 113 Å². The van der Waals surface area contributed by atoms with Crippen molar-refractivity contribution in [2.45, 2.75) is 25.8 Å². The number of hydrogen-bond donors (Lipinski definition) is 2. The fourth-order valence-corrected chi connectivity index (χ4v) is 5.58. The van der Waals surface area contributed by atoms with Crippen molar-refractivity contribution in [3.8, 4) is 11.1 Å². The normalized spacial score (nSPS) is 12.5. The number of amides is 2. The molecule has 0 atom stereocenters. The average Bonchev–Trinajstić information content (AvgIpc) is 3.64. The van der Waals surface area contributed by atoms with Crippen LogP contribution in [0.15, 0.2) is 83.6 Å². The summed E-state index contributed by atoms with van der Waals surface area (Å²) >= 11 is 0. The van der Waals surface area contributed by atoms with Crippen molar-refractivity contribution in [2.75, 3.05) is 23.7 Å². The molecule has 10 heteroatoms. The first-order chi connectivity index (χ1) is 20.8. The van der Waals surface area contributed by atoms with Gasteiger partial charge in [0, 0.05) is 48.2 Å². The summed E-state index contributed by atoms with van der Waals surface area (Å²) in [6.07, 6.45) is 2.94. The number of fused-ring (bicyclic) bond motifs is 2. The predicted molar refractivity (Wildman–Crippen MR) is 159 cm³/mol. The van der Waals surface area contributed by atoms with Crippen LogP contribution in [0.5, 0.6) is 0 Å². The van der Waals surface area contributed by atoms with Crippen molar-refractivity contribution in [2.24, 2.45) is 0 Å².